The number of rotatable bonds is 7. The molecule has 1 aliphatic rings. The Morgan fingerprint density at radius 1 is 1.12 bits per heavy atom. The average Bonchev–Trinajstić information content (AvgIpc) is 3.02. The molecule has 2 aromatic carbocycles. The van der Waals surface area contributed by atoms with Crippen LogP contribution in [0.4, 0.5) is 0 Å². The van der Waals surface area contributed by atoms with Crippen LogP contribution < -0.4 is 4.74 Å². The molecule has 0 radical (unpaired) electrons. The summed E-state index contributed by atoms with van der Waals surface area (Å²) in [7, 11) is 5.38. The highest BCUT2D eigenvalue weighted by Crippen LogP contribution is 2.42. The molecule has 0 aromatic heterocycles. The first kappa shape index (κ1) is 25.3. The number of Topliss-reactive ketones (excluding diaryl/α,β-unsaturated/α-hetero) is 1. The van der Waals surface area contributed by atoms with Gasteiger partial charge in [-0.25, -0.2) is 0 Å². The number of nitrogens with zero attached hydrogens (tertiary/aromatic N) is 2. The second-order valence-corrected chi connectivity index (χ2v) is 9.91. The topological polar surface area (TPSA) is 90.3 Å². The normalized spacial score (nSPS) is 18.1. The van der Waals surface area contributed by atoms with Gasteiger partial charge in [0.1, 0.15) is 17.3 Å². The number of aliphatic hydroxyl groups excluding tert-OH is 1. The highest BCUT2D eigenvalue weighted by molar-refractivity contribution is 6.46. The second-order valence-electron chi connectivity index (χ2n) is 9.91. The van der Waals surface area contributed by atoms with Gasteiger partial charge in [0, 0.05) is 6.54 Å². The zero-order valence-corrected chi connectivity index (χ0v) is 20.8. The van der Waals surface area contributed by atoms with Crippen LogP contribution >= 0.6 is 0 Å². The molecule has 1 heterocycles. The van der Waals surface area contributed by atoms with Crippen molar-refractivity contribution in [1.29, 1.82) is 0 Å². The van der Waals surface area contributed by atoms with Gasteiger partial charge in [-0.1, -0.05) is 39.0 Å². The van der Waals surface area contributed by atoms with Crippen LogP contribution in [0.25, 0.3) is 5.76 Å². The third-order valence-electron chi connectivity index (χ3n) is 6.05. The molecule has 182 valence electrons. The molecule has 3 rings (SSSR count). The van der Waals surface area contributed by atoms with E-state index < -0.39 is 17.7 Å². The predicted octanol–water partition coefficient (Wildman–Crippen LogP) is 4.07. The molecule has 2 aromatic rings. The Labute approximate surface area is 201 Å². The van der Waals surface area contributed by atoms with Gasteiger partial charge in [-0.15, -0.1) is 0 Å². The van der Waals surface area contributed by atoms with E-state index in [0.717, 1.165) is 12.1 Å². The first-order valence-electron chi connectivity index (χ1n) is 11.4. The van der Waals surface area contributed by atoms with E-state index in [4.69, 9.17) is 4.74 Å². The summed E-state index contributed by atoms with van der Waals surface area (Å²) in [5.41, 5.74) is 1.64. The molecular formula is C27H34N2O5. The van der Waals surface area contributed by atoms with E-state index in [0.29, 0.717) is 29.8 Å². The van der Waals surface area contributed by atoms with Crippen molar-refractivity contribution < 1.29 is 24.5 Å². The second kappa shape index (κ2) is 9.89. The van der Waals surface area contributed by atoms with E-state index in [2.05, 4.69) is 20.8 Å². The molecule has 1 atom stereocenters. The fraction of sp³-hybridized carbons (Fsp3) is 0.407. The monoisotopic (exact) mass is 466 g/mol. The van der Waals surface area contributed by atoms with Crippen molar-refractivity contribution in [3.8, 4) is 11.5 Å². The van der Waals surface area contributed by atoms with Crippen molar-refractivity contribution in [1.82, 2.24) is 9.80 Å². The lowest BCUT2D eigenvalue weighted by atomic mass is 9.85. The maximum atomic E-state index is 13.3. The van der Waals surface area contributed by atoms with Gasteiger partial charge in [0.15, 0.2) is 0 Å². The van der Waals surface area contributed by atoms with Crippen molar-refractivity contribution in [2.24, 2.45) is 0 Å². The molecule has 0 bridgehead atoms. The number of carbonyl (C=O) groups is 2. The van der Waals surface area contributed by atoms with Crippen LogP contribution in [0.15, 0.2) is 48.0 Å². The quantitative estimate of drug-likeness (QED) is 0.363. The summed E-state index contributed by atoms with van der Waals surface area (Å²) in [6.45, 7) is 7.22. The number of likely N-dealkylation sites (tertiary alicyclic amines) is 1. The van der Waals surface area contributed by atoms with Crippen molar-refractivity contribution >= 4 is 17.4 Å². The number of ether oxygens (including phenoxy) is 1. The van der Waals surface area contributed by atoms with Gasteiger partial charge in [-0.3, -0.25) is 9.59 Å². The Hall–Kier alpha value is -3.32. The number of amides is 1. The van der Waals surface area contributed by atoms with E-state index in [1.807, 2.05) is 25.1 Å². The number of carbonyl (C=O) groups excluding carboxylic acids is 2. The molecule has 7 heteroatoms. The number of hydrogen-bond donors (Lipinski definition) is 2. The van der Waals surface area contributed by atoms with E-state index in [9.17, 15) is 19.8 Å². The zero-order valence-electron chi connectivity index (χ0n) is 20.8. The lowest BCUT2D eigenvalue weighted by Gasteiger charge is -2.26. The summed E-state index contributed by atoms with van der Waals surface area (Å²) in [5.74, 6) is -1.29. The maximum Gasteiger partial charge on any atom is 0.295 e. The molecule has 0 aliphatic carbocycles. The molecule has 2 N–H and O–H groups in total. The minimum absolute atomic E-state index is 0.00943. The third-order valence-corrected chi connectivity index (χ3v) is 6.05. The Morgan fingerprint density at radius 3 is 2.41 bits per heavy atom. The molecule has 1 unspecified atom stereocenters. The molecule has 0 saturated carbocycles. The Balaban J connectivity index is 2.21. The summed E-state index contributed by atoms with van der Waals surface area (Å²) in [5, 5.41) is 21.6. The summed E-state index contributed by atoms with van der Waals surface area (Å²) in [6.07, 6.45) is 0.651. The summed E-state index contributed by atoms with van der Waals surface area (Å²) < 4.78 is 5.48. The molecule has 1 saturated heterocycles. The van der Waals surface area contributed by atoms with Crippen LogP contribution in [-0.4, -0.2) is 66.0 Å². The number of benzene rings is 2. The van der Waals surface area contributed by atoms with Crippen molar-refractivity contribution in [3.63, 3.8) is 0 Å². The number of phenolic OH excluding ortho intramolecular Hbond substituents is 1. The highest BCUT2D eigenvalue weighted by Gasteiger charge is 2.46. The van der Waals surface area contributed by atoms with Crippen molar-refractivity contribution in [3.05, 3.63) is 64.7 Å². The average molecular weight is 467 g/mol. The molecule has 0 spiro atoms. The fourth-order valence-electron chi connectivity index (χ4n) is 4.21. The van der Waals surface area contributed by atoms with E-state index >= 15 is 0 Å². The van der Waals surface area contributed by atoms with Crippen LogP contribution in [0.3, 0.4) is 0 Å². The van der Waals surface area contributed by atoms with E-state index in [1.165, 1.54) is 24.1 Å². The Bertz CT molecular complexity index is 1110. The van der Waals surface area contributed by atoms with Crippen LogP contribution in [0.5, 0.6) is 11.5 Å². The molecule has 34 heavy (non-hydrogen) atoms. The van der Waals surface area contributed by atoms with Gasteiger partial charge >= 0.3 is 0 Å². The molecule has 1 fully saturated rings. The predicted molar refractivity (Wildman–Crippen MR) is 132 cm³/mol. The lowest BCUT2D eigenvalue weighted by molar-refractivity contribution is -0.139. The fourth-order valence-corrected chi connectivity index (χ4v) is 4.21. The number of phenols is 1. The highest BCUT2D eigenvalue weighted by atomic mass is 16.5. The SMILES string of the molecule is COc1ccc(C(C)(C)C)cc1/C(O)=C1\C(=O)C(=O)N(CCCN(C)C)C1c1cccc(O)c1. The lowest BCUT2D eigenvalue weighted by Crippen LogP contribution is -2.32. The van der Waals surface area contributed by atoms with Gasteiger partial charge < -0.3 is 24.7 Å². The number of hydrogen-bond acceptors (Lipinski definition) is 6. The van der Waals surface area contributed by atoms with Gasteiger partial charge in [-0.2, -0.15) is 0 Å². The summed E-state index contributed by atoms with van der Waals surface area (Å²) >= 11 is 0. The Kier molecular flexibility index (Phi) is 7.36. The Morgan fingerprint density at radius 2 is 1.82 bits per heavy atom. The molecular weight excluding hydrogens is 432 g/mol. The summed E-state index contributed by atoms with van der Waals surface area (Å²) in [4.78, 5) is 29.8. The first-order valence-corrected chi connectivity index (χ1v) is 11.4. The molecule has 1 aliphatic heterocycles. The number of ketones is 1. The minimum atomic E-state index is -0.822. The van der Waals surface area contributed by atoms with E-state index in [-0.39, 0.29) is 22.5 Å². The van der Waals surface area contributed by atoms with E-state index in [1.54, 1.807) is 24.3 Å². The van der Waals surface area contributed by atoms with Gasteiger partial charge in [0.05, 0.1) is 24.3 Å². The summed E-state index contributed by atoms with van der Waals surface area (Å²) in [6, 6.07) is 11.1. The minimum Gasteiger partial charge on any atom is -0.508 e. The number of aromatic hydroxyl groups is 1. The van der Waals surface area contributed by atoms with Crippen LogP contribution in [-0.2, 0) is 15.0 Å². The van der Waals surface area contributed by atoms with Crippen LogP contribution in [0.2, 0.25) is 0 Å². The number of methoxy groups -OCH3 is 1. The molecule has 1 amide bonds. The van der Waals surface area contributed by atoms with Crippen molar-refractivity contribution in [2.45, 2.75) is 38.6 Å². The third kappa shape index (κ3) is 5.09. The van der Waals surface area contributed by atoms with Gasteiger partial charge in [-0.05, 0) is 67.9 Å². The standard InChI is InChI=1S/C27H34N2O5/c1-27(2,3)18-11-12-21(34-6)20(16-18)24(31)22-23(17-9-7-10-19(30)15-17)29(26(33)25(22)32)14-8-13-28(4)5/h7,9-12,15-16,23,30-31H,8,13-14H2,1-6H3/b24-22+. The van der Waals surface area contributed by atoms with Gasteiger partial charge in [0.25, 0.3) is 11.7 Å². The van der Waals surface area contributed by atoms with Crippen LogP contribution in [0.1, 0.15) is 49.9 Å². The van der Waals surface area contributed by atoms with Crippen molar-refractivity contribution in [2.75, 3.05) is 34.3 Å². The number of aliphatic hydroxyl groups is 1. The first-order chi connectivity index (χ1) is 16.0. The zero-order chi connectivity index (χ0) is 25.2. The molecule has 7 nitrogen and oxygen atoms in total. The van der Waals surface area contributed by atoms with Gasteiger partial charge in [0.2, 0.25) is 0 Å². The largest absolute Gasteiger partial charge is 0.508 e. The smallest absolute Gasteiger partial charge is 0.295 e. The van der Waals surface area contributed by atoms with Crippen LogP contribution in [0, 0.1) is 0 Å². The maximum absolute atomic E-state index is 13.3.